The molecule has 0 bridgehead atoms. The molecule has 1 aromatic heterocycles. The number of halogens is 1. The van der Waals surface area contributed by atoms with Gasteiger partial charge in [0.1, 0.15) is 0 Å². The molecule has 2 rings (SSSR count). The largest absolute Gasteiger partial charge is 0.486 e. The lowest BCUT2D eigenvalue weighted by Crippen LogP contribution is -2.19. The van der Waals surface area contributed by atoms with Gasteiger partial charge >= 0.3 is 0 Å². The van der Waals surface area contributed by atoms with Gasteiger partial charge in [-0.1, -0.05) is 18.0 Å². The van der Waals surface area contributed by atoms with Gasteiger partial charge in [-0.05, 0) is 32.1 Å². The van der Waals surface area contributed by atoms with Crippen molar-refractivity contribution in [3.63, 3.8) is 0 Å². The minimum absolute atomic E-state index is 0.148. The van der Waals surface area contributed by atoms with E-state index in [0.717, 1.165) is 12.8 Å². The molecule has 1 saturated carbocycles. The second-order valence-corrected chi connectivity index (χ2v) is 4.84. The predicted molar refractivity (Wildman–Crippen MR) is 66.4 cm³/mol. The summed E-state index contributed by atoms with van der Waals surface area (Å²) < 4.78 is 7.55. The Morgan fingerprint density at radius 2 is 2.18 bits per heavy atom. The van der Waals surface area contributed by atoms with Crippen molar-refractivity contribution in [2.24, 2.45) is 0 Å². The zero-order valence-electron chi connectivity index (χ0n) is 9.94. The fourth-order valence-electron chi connectivity index (χ4n) is 2.17. The molecule has 0 amide bonds. The van der Waals surface area contributed by atoms with E-state index >= 15 is 0 Å². The van der Waals surface area contributed by atoms with Crippen LogP contribution in [-0.4, -0.2) is 27.6 Å². The number of aliphatic hydroxyl groups excluding tert-OH is 1. The summed E-state index contributed by atoms with van der Waals surface area (Å²) in [7, 11) is 0. The van der Waals surface area contributed by atoms with Crippen LogP contribution in [0, 0.1) is 0 Å². The summed E-state index contributed by atoms with van der Waals surface area (Å²) >= 11 is 6.17. The molecule has 1 aromatic rings. The first-order valence-corrected chi connectivity index (χ1v) is 6.68. The Morgan fingerprint density at radius 3 is 2.88 bits per heavy atom. The second kappa shape index (κ2) is 6.26. The summed E-state index contributed by atoms with van der Waals surface area (Å²) in [5.41, 5.74) is 0. The SMILES string of the molecule is OCCCn1ncc(OC2CCCCC2)c1Cl. The number of aryl methyl sites for hydroxylation is 1. The molecule has 1 fully saturated rings. The van der Waals surface area contributed by atoms with Crippen LogP contribution >= 0.6 is 11.6 Å². The van der Waals surface area contributed by atoms with Crippen LogP contribution in [0.1, 0.15) is 38.5 Å². The molecule has 17 heavy (non-hydrogen) atoms. The predicted octanol–water partition coefficient (Wildman–Crippen LogP) is 2.63. The third kappa shape index (κ3) is 3.36. The molecule has 0 aromatic carbocycles. The first-order chi connectivity index (χ1) is 8.31. The molecule has 4 nitrogen and oxygen atoms in total. The average molecular weight is 259 g/mol. The Balaban J connectivity index is 1.93. The Morgan fingerprint density at radius 1 is 1.41 bits per heavy atom. The first-order valence-electron chi connectivity index (χ1n) is 6.30. The minimum Gasteiger partial charge on any atom is -0.486 e. The molecule has 1 heterocycles. The third-order valence-corrected chi connectivity index (χ3v) is 3.50. The van der Waals surface area contributed by atoms with Gasteiger partial charge in [0.15, 0.2) is 10.9 Å². The normalized spacial score (nSPS) is 17.3. The van der Waals surface area contributed by atoms with Gasteiger partial charge < -0.3 is 9.84 Å². The molecule has 1 N–H and O–H groups in total. The van der Waals surface area contributed by atoms with E-state index in [2.05, 4.69) is 5.10 Å². The first kappa shape index (κ1) is 12.7. The van der Waals surface area contributed by atoms with Gasteiger partial charge in [0, 0.05) is 13.2 Å². The molecule has 0 radical (unpaired) electrons. The zero-order chi connectivity index (χ0) is 12.1. The lowest BCUT2D eigenvalue weighted by Gasteiger charge is -2.22. The summed E-state index contributed by atoms with van der Waals surface area (Å²) in [6.07, 6.45) is 8.62. The monoisotopic (exact) mass is 258 g/mol. The van der Waals surface area contributed by atoms with Crippen LogP contribution in [0.2, 0.25) is 5.15 Å². The molecule has 0 saturated heterocycles. The van der Waals surface area contributed by atoms with Crippen LogP contribution in [0.4, 0.5) is 0 Å². The highest BCUT2D eigenvalue weighted by atomic mass is 35.5. The molecule has 0 atom stereocenters. The van der Waals surface area contributed by atoms with Crippen molar-refractivity contribution in [2.75, 3.05) is 6.61 Å². The summed E-state index contributed by atoms with van der Waals surface area (Å²) in [6, 6.07) is 0. The Bertz CT molecular complexity index is 348. The van der Waals surface area contributed by atoms with Crippen LogP contribution in [0.25, 0.3) is 0 Å². The number of aromatic nitrogens is 2. The summed E-state index contributed by atoms with van der Waals surface area (Å²) in [4.78, 5) is 0. The van der Waals surface area contributed by atoms with Crippen molar-refractivity contribution in [1.29, 1.82) is 0 Å². The molecule has 1 aliphatic carbocycles. The van der Waals surface area contributed by atoms with Gasteiger partial charge in [0.2, 0.25) is 0 Å². The second-order valence-electron chi connectivity index (χ2n) is 4.48. The number of ether oxygens (including phenoxy) is 1. The lowest BCUT2D eigenvalue weighted by molar-refractivity contribution is 0.155. The Kier molecular flexibility index (Phi) is 4.68. The van der Waals surface area contributed by atoms with Crippen LogP contribution in [-0.2, 0) is 6.54 Å². The quantitative estimate of drug-likeness (QED) is 0.883. The van der Waals surface area contributed by atoms with Crippen molar-refractivity contribution in [1.82, 2.24) is 9.78 Å². The highest BCUT2D eigenvalue weighted by Crippen LogP contribution is 2.28. The van der Waals surface area contributed by atoms with Crippen LogP contribution in [0.5, 0.6) is 5.75 Å². The molecule has 0 aliphatic heterocycles. The standard InChI is InChI=1S/C12H19ClN2O2/c13-12-11(9-14-15(12)7-4-8-16)17-10-5-2-1-3-6-10/h9-10,16H,1-8H2. The fourth-order valence-corrected chi connectivity index (χ4v) is 2.39. The van der Waals surface area contributed by atoms with E-state index < -0.39 is 0 Å². The van der Waals surface area contributed by atoms with Crippen molar-refractivity contribution in [3.8, 4) is 5.75 Å². The number of nitrogens with zero attached hydrogens (tertiary/aromatic N) is 2. The van der Waals surface area contributed by atoms with Crippen LogP contribution < -0.4 is 4.74 Å². The zero-order valence-corrected chi connectivity index (χ0v) is 10.7. The summed E-state index contributed by atoms with van der Waals surface area (Å²) in [5, 5.41) is 13.5. The van der Waals surface area contributed by atoms with E-state index in [1.807, 2.05) is 0 Å². The smallest absolute Gasteiger partial charge is 0.176 e. The number of rotatable bonds is 5. The topological polar surface area (TPSA) is 47.3 Å². The molecule has 1 aliphatic rings. The Hall–Kier alpha value is -0.740. The summed E-state index contributed by atoms with van der Waals surface area (Å²) in [6.45, 7) is 0.776. The average Bonchev–Trinajstić information content (AvgIpc) is 2.70. The van der Waals surface area contributed by atoms with E-state index in [1.54, 1.807) is 10.9 Å². The maximum Gasteiger partial charge on any atom is 0.176 e. The molecule has 5 heteroatoms. The van der Waals surface area contributed by atoms with E-state index in [-0.39, 0.29) is 12.7 Å². The molecular weight excluding hydrogens is 240 g/mol. The van der Waals surface area contributed by atoms with Crippen LogP contribution in [0.15, 0.2) is 6.20 Å². The maximum absolute atomic E-state index is 8.77. The van der Waals surface area contributed by atoms with Gasteiger partial charge in [-0.25, -0.2) is 0 Å². The molecule has 0 unspecified atom stereocenters. The number of hydrogen-bond acceptors (Lipinski definition) is 3. The highest BCUT2D eigenvalue weighted by molar-refractivity contribution is 6.31. The van der Waals surface area contributed by atoms with E-state index in [4.69, 9.17) is 21.4 Å². The number of hydrogen-bond donors (Lipinski definition) is 1. The van der Waals surface area contributed by atoms with E-state index in [0.29, 0.717) is 23.9 Å². The van der Waals surface area contributed by atoms with Gasteiger partial charge in [-0.3, -0.25) is 4.68 Å². The Labute approximate surface area is 107 Å². The highest BCUT2D eigenvalue weighted by Gasteiger charge is 2.18. The fraction of sp³-hybridized carbons (Fsp3) is 0.750. The van der Waals surface area contributed by atoms with Gasteiger partial charge in [0.25, 0.3) is 0 Å². The lowest BCUT2D eigenvalue weighted by atomic mass is 9.98. The van der Waals surface area contributed by atoms with Gasteiger partial charge in [-0.2, -0.15) is 5.10 Å². The van der Waals surface area contributed by atoms with Gasteiger partial charge in [-0.15, -0.1) is 0 Å². The van der Waals surface area contributed by atoms with E-state index in [1.165, 1.54) is 19.3 Å². The van der Waals surface area contributed by atoms with Crippen molar-refractivity contribution < 1.29 is 9.84 Å². The number of aliphatic hydroxyl groups is 1. The van der Waals surface area contributed by atoms with Crippen molar-refractivity contribution in [3.05, 3.63) is 11.3 Å². The summed E-state index contributed by atoms with van der Waals surface area (Å²) in [5.74, 6) is 0.677. The minimum atomic E-state index is 0.148. The maximum atomic E-state index is 8.77. The van der Waals surface area contributed by atoms with Crippen molar-refractivity contribution in [2.45, 2.75) is 51.2 Å². The third-order valence-electron chi connectivity index (χ3n) is 3.12. The molecule has 0 spiro atoms. The van der Waals surface area contributed by atoms with Gasteiger partial charge in [0.05, 0.1) is 12.3 Å². The molecular formula is C12H19ClN2O2. The van der Waals surface area contributed by atoms with E-state index in [9.17, 15) is 0 Å². The molecule has 96 valence electrons. The van der Waals surface area contributed by atoms with Crippen LogP contribution in [0.3, 0.4) is 0 Å². The van der Waals surface area contributed by atoms with Crippen molar-refractivity contribution >= 4 is 11.6 Å².